The average Bonchev–Trinajstić information content (AvgIpc) is 3.68. The van der Waals surface area contributed by atoms with E-state index >= 15 is 0 Å². The van der Waals surface area contributed by atoms with Gasteiger partial charge in [-0.3, -0.25) is 4.79 Å². The van der Waals surface area contributed by atoms with Crippen LogP contribution in [0.2, 0.25) is 0 Å². The fraction of sp³-hybridized carbons (Fsp3) is 0.679. The van der Waals surface area contributed by atoms with Crippen molar-refractivity contribution in [2.75, 3.05) is 26.4 Å². The van der Waals surface area contributed by atoms with Crippen LogP contribution >= 0.6 is 0 Å². The first-order valence-electron chi connectivity index (χ1n) is 13.3. The van der Waals surface area contributed by atoms with Crippen LogP contribution in [0.3, 0.4) is 0 Å². The quantitative estimate of drug-likeness (QED) is 0.221. The Labute approximate surface area is 221 Å². The molecule has 2 aliphatic carbocycles. The van der Waals surface area contributed by atoms with Crippen molar-refractivity contribution in [1.29, 1.82) is 0 Å². The predicted octanol–water partition coefficient (Wildman–Crippen LogP) is 1.53. The van der Waals surface area contributed by atoms with Gasteiger partial charge in [0.05, 0.1) is 43.9 Å². The lowest BCUT2D eigenvalue weighted by molar-refractivity contribution is -0.235. The van der Waals surface area contributed by atoms with Gasteiger partial charge in [0.1, 0.15) is 18.3 Å². The van der Waals surface area contributed by atoms with Crippen molar-refractivity contribution >= 4 is 17.9 Å². The van der Waals surface area contributed by atoms with Crippen molar-refractivity contribution in [3.05, 3.63) is 36.0 Å². The highest BCUT2D eigenvalue weighted by molar-refractivity contribution is 5.82. The van der Waals surface area contributed by atoms with Crippen molar-refractivity contribution in [3.8, 4) is 0 Å². The van der Waals surface area contributed by atoms with Gasteiger partial charge in [-0.15, -0.1) is 0 Å². The lowest BCUT2D eigenvalue weighted by atomic mass is 9.51. The molecule has 1 saturated carbocycles. The third-order valence-corrected chi connectivity index (χ3v) is 9.41. The summed E-state index contributed by atoms with van der Waals surface area (Å²) < 4.78 is 29.6. The van der Waals surface area contributed by atoms with Crippen molar-refractivity contribution in [1.82, 2.24) is 0 Å². The molecular formula is C28H36O10. The lowest BCUT2D eigenvalue weighted by Gasteiger charge is -2.58. The Morgan fingerprint density at radius 1 is 1.11 bits per heavy atom. The molecule has 0 aromatic rings. The van der Waals surface area contributed by atoms with E-state index in [0.717, 1.165) is 5.57 Å². The standard InChI is InChI=1S/C28H36O10/c1-17-9-11-34-22(30)6-4-3-5-7-23(31)38-19-13-21-28(16-36-28)26(19,2)27(15-35-25(33)24(17)32)10-8-18(14-29)12-20(27)37-21/h3-5,7,12,17,19-21,24,29,32H,6,8-11,13-16H2,1-2H3/b4-3-,7-5-. The minimum Gasteiger partial charge on any atom is -0.465 e. The number of allylic oxidation sites excluding steroid dienone is 2. The summed E-state index contributed by atoms with van der Waals surface area (Å²) in [5.74, 6) is -2.28. The summed E-state index contributed by atoms with van der Waals surface area (Å²) in [5.41, 5.74) is -1.42. The second kappa shape index (κ2) is 10.2. The van der Waals surface area contributed by atoms with Crippen LogP contribution in [0.1, 0.15) is 46.0 Å². The molecule has 10 nitrogen and oxygen atoms in total. The highest BCUT2D eigenvalue weighted by Crippen LogP contribution is 2.72. The number of hydrogen-bond donors (Lipinski definition) is 2. The molecule has 0 amide bonds. The van der Waals surface area contributed by atoms with Gasteiger partial charge in [-0.2, -0.15) is 0 Å². The Bertz CT molecular complexity index is 1060. The molecule has 3 heterocycles. The molecule has 0 radical (unpaired) electrons. The molecule has 10 heteroatoms. The molecule has 8 atom stereocenters. The molecule has 2 saturated heterocycles. The van der Waals surface area contributed by atoms with Gasteiger partial charge in [0.15, 0.2) is 6.10 Å². The van der Waals surface area contributed by atoms with Crippen LogP contribution in [0.25, 0.3) is 0 Å². The maximum Gasteiger partial charge on any atom is 0.335 e. The first-order chi connectivity index (χ1) is 18.2. The van der Waals surface area contributed by atoms with Crippen molar-refractivity contribution in [3.63, 3.8) is 0 Å². The van der Waals surface area contributed by atoms with Crippen LogP contribution in [0.15, 0.2) is 36.0 Å². The van der Waals surface area contributed by atoms with Crippen molar-refractivity contribution < 1.29 is 48.3 Å². The molecule has 8 unspecified atom stereocenters. The molecule has 3 aliphatic heterocycles. The smallest absolute Gasteiger partial charge is 0.335 e. The third-order valence-electron chi connectivity index (χ3n) is 9.41. The predicted molar refractivity (Wildman–Crippen MR) is 131 cm³/mol. The van der Waals surface area contributed by atoms with E-state index in [4.69, 9.17) is 23.7 Å². The first kappa shape index (κ1) is 27.1. The lowest BCUT2D eigenvalue weighted by Crippen LogP contribution is -2.67. The van der Waals surface area contributed by atoms with Gasteiger partial charge in [0, 0.05) is 17.9 Å². The highest BCUT2D eigenvalue weighted by Gasteiger charge is 2.83. The van der Waals surface area contributed by atoms with Gasteiger partial charge in [-0.1, -0.05) is 38.2 Å². The Morgan fingerprint density at radius 3 is 2.63 bits per heavy atom. The number of hydrogen-bond acceptors (Lipinski definition) is 10. The molecule has 5 rings (SSSR count). The average molecular weight is 533 g/mol. The molecular weight excluding hydrogens is 496 g/mol. The van der Waals surface area contributed by atoms with Gasteiger partial charge in [-0.05, 0) is 30.8 Å². The normalized spacial score (nSPS) is 45.3. The fourth-order valence-electron chi connectivity index (χ4n) is 6.83. The zero-order valence-electron chi connectivity index (χ0n) is 21.8. The number of ether oxygens (including phenoxy) is 5. The molecule has 38 heavy (non-hydrogen) atoms. The number of aliphatic hydroxyl groups is 2. The summed E-state index contributed by atoms with van der Waals surface area (Å²) >= 11 is 0. The summed E-state index contributed by atoms with van der Waals surface area (Å²) in [4.78, 5) is 37.8. The maximum absolute atomic E-state index is 13.0. The second-order valence-electron chi connectivity index (χ2n) is 11.3. The summed E-state index contributed by atoms with van der Waals surface area (Å²) in [6, 6.07) is 0. The molecule has 3 fully saturated rings. The Hall–Kier alpha value is -2.53. The second-order valence-corrected chi connectivity index (χ2v) is 11.3. The number of rotatable bonds is 1. The van der Waals surface area contributed by atoms with E-state index in [0.29, 0.717) is 25.9 Å². The van der Waals surface area contributed by atoms with Gasteiger partial charge in [0.2, 0.25) is 0 Å². The molecule has 0 aromatic carbocycles. The molecule has 0 aromatic heterocycles. The monoisotopic (exact) mass is 532 g/mol. The number of carbonyl (C=O) groups excluding carboxylic acids is 3. The van der Waals surface area contributed by atoms with E-state index in [-0.39, 0.29) is 38.8 Å². The van der Waals surface area contributed by atoms with E-state index in [9.17, 15) is 24.6 Å². The van der Waals surface area contributed by atoms with Crippen LogP contribution in [-0.4, -0.2) is 84.6 Å². The summed E-state index contributed by atoms with van der Waals surface area (Å²) in [6.07, 6.45) is 6.86. The number of epoxide rings is 1. The van der Waals surface area contributed by atoms with Crippen LogP contribution in [0, 0.1) is 16.7 Å². The Balaban J connectivity index is 1.50. The van der Waals surface area contributed by atoms with E-state index < -0.39 is 58.6 Å². The summed E-state index contributed by atoms with van der Waals surface area (Å²) in [7, 11) is 0. The van der Waals surface area contributed by atoms with Crippen LogP contribution in [0.5, 0.6) is 0 Å². The summed E-state index contributed by atoms with van der Waals surface area (Å²) in [6.45, 7) is 4.03. The minimum absolute atomic E-state index is 0.0190. The van der Waals surface area contributed by atoms with Crippen LogP contribution < -0.4 is 0 Å². The maximum atomic E-state index is 13.0. The van der Waals surface area contributed by atoms with Crippen LogP contribution in [0.4, 0.5) is 0 Å². The molecule has 2 bridgehead atoms. The van der Waals surface area contributed by atoms with E-state index in [2.05, 4.69) is 0 Å². The third kappa shape index (κ3) is 4.31. The Kier molecular flexibility index (Phi) is 7.28. The van der Waals surface area contributed by atoms with Crippen LogP contribution in [-0.2, 0) is 38.1 Å². The van der Waals surface area contributed by atoms with Gasteiger partial charge >= 0.3 is 17.9 Å². The molecule has 5 aliphatic rings. The SMILES string of the molecule is CC1CCOC(=O)C/C=C\C=C/C(=O)OC2CC3OC4C=C(CO)CCC4(COC(=O)C1O)C2(C)C31CO1. The minimum atomic E-state index is -1.41. The largest absolute Gasteiger partial charge is 0.465 e. The fourth-order valence-corrected chi connectivity index (χ4v) is 6.83. The summed E-state index contributed by atoms with van der Waals surface area (Å²) in [5, 5.41) is 20.5. The first-order valence-corrected chi connectivity index (χ1v) is 13.3. The van der Waals surface area contributed by atoms with Crippen molar-refractivity contribution in [2.45, 2.75) is 76.0 Å². The van der Waals surface area contributed by atoms with Gasteiger partial charge in [-0.25, -0.2) is 9.59 Å². The number of aliphatic hydroxyl groups excluding tert-OH is 2. The Morgan fingerprint density at radius 2 is 1.89 bits per heavy atom. The zero-order valence-corrected chi connectivity index (χ0v) is 21.8. The molecule has 2 spiro atoms. The highest BCUT2D eigenvalue weighted by atomic mass is 16.6. The van der Waals surface area contributed by atoms with E-state index in [1.54, 1.807) is 19.1 Å². The van der Waals surface area contributed by atoms with E-state index in [1.165, 1.54) is 12.2 Å². The number of carbonyl (C=O) groups is 3. The van der Waals surface area contributed by atoms with Crippen molar-refractivity contribution in [2.24, 2.45) is 16.7 Å². The number of cyclic esters (lactones) is 2. The zero-order chi connectivity index (χ0) is 27.1. The van der Waals surface area contributed by atoms with E-state index in [1.807, 2.05) is 13.0 Å². The molecule has 2 N–H and O–H groups in total. The molecule has 208 valence electrons. The number of esters is 3. The van der Waals surface area contributed by atoms with Gasteiger partial charge < -0.3 is 33.9 Å². The van der Waals surface area contributed by atoms with Gasteiger partial charge in [0.25, 0.3) is 0 Å². The topological polar surface area (TPSA) is 141 Å².